The number of hydrogen-bond donors (Lipinski definition) is 3. The van der Waals surface area contributed by atoms with E-state index in [0.29, 0.717) is 45.7 Å². The van der Waals surface area contributed by atoms with Crippen LogP contribution >= 0.6 is 7.60 Å². The predicted molar refractivity (Wildman–Crippen MR) is 70.2 cm³/mol. The molecule has 0 atom stereocenters. The fraction of sp³-hybridized carbons (Fsp3) is 0.800. The topological polar surface area (TPSA) is 122 Å². The van der Waals surface area contributed by atoms with Gasteiger partial charge in [0.25, 0.3) is 0 Å². The molecule has 9 nitrogen and oxygen atoms in total. The van der Waals surface area contributed by atoms with Gasteiger partial charge in [-0.15, -0.1) is 0 Å². The zero-order valence-electron chi connectivity index (χ0n) is 11.1. The van der Waals surface area contributed by atoms with Crippen LogP contribution in [-0.2, 0) is 14.2 Å². The van der Waals surface area contributed by atoms with Crippen LogP contribution < -0.4 is 0 Å². The molecule has 0 aromatic rings. The van der Waals surface area contributed by atoms with Gasteiger partial charge in [-0.3, -0.25) is 24.0 Å². The smallest absolute Gasteiger partial charge is 0.339 e. The fourth-order valence-corrected chi connectivity index (χ4v) is 2.82. The highest BCUT2D eigenvalue weighted by Crippen LogP contribution is 2.34. The lowest BCUT2D eigenvalue weighted by Gasteiger charge is -2.24. The molecule has 1 rings (SSSR count). The second-order valence-electron chi connectivity index (χ2n) is 4.74. The van der Waals surface area contributed by atoms with Crippen molar-refractivity contribution in [3.05, 3.63) is 0 Å². The fourth-order valence-electron chi connectivity index (χ4n) is 2.01. The molecular formula is C10H20N3O6P. The third-order valence-corrected chi connectivity index (χ3v) is 3.80. The van der Waals surface area contributed by atoms with E-state index in [2.05, 4.69) is 0 Å². The third-order valence-electron chi connectivity index (χ3n) is 3.03. The van der Waals surface area contributed by atoms with Crippen molar-refractivity contribution in [2.45, 2.75) is 0 Å². The molecule has 1 heterocycles. The van der Waals surface area contributed by atoms with Gasteiger partial charge in [0.05, 0.1) is 6.54 Å². The van der Waals surface area contributed by atoms with Crippen molar-refractivity contribution in [3.8, 4) is 0 Å². The third kappa shape index (κ3) is 6.97. The van der Waals surface area contributed by atoms with E-state index in [1.807, 2.05) is 0 Å². The number of hydrogen-bond acceptors (Lipinski definition) is 5. The van der Waals surface area contributed by atoms with E-state index in [0.717, 1.165) is 0 Å². The molecule has 0 aliphatic carbocycles. The Morgan fingerprint density at radius 3 is 2.05 bits per heavy atom. The van der Waals surface area contributed by atoms with E-state index in [4.69, 9.17) is 14.9 Å². The summed E-state index contributed by atoms with van der Waals surface area (Å²) >= 11 is 0. The van der Waals surface area contributed by atoms with Crippen LogP contribution in [0, 0.1) is 0 Å². The van der Waals surface area contributed by atoms with Gasteiger partial charge < -0.3 is 19.8 Å². The SMILES string of the molecule is O=CN1CCN(CC(=O)O)CCN(CP(=O)(O)O)CC1. The summed E-state index contributed by atoms with van der Waals surface area (Å²) in [4.78, 5) is 44.3. The molecule has 1 fully saturated rings. The highest BCUT2D eigenvalue weighted by atomic mass is 31.2. The Kier molecular flexibility index (Phi) is 6.57. The first-order valence-electron chi connectivity index (χ1n) is 6.20. The molecule has 3 N–H and O–H groups in total. The van der Waals surface area contributed by atoms with E-state index >= 15 is 0 Å². The molecule has 0 spiro atoms. The van der Waals surface area contributed by atoms with Crippen molar-refractivity contribution < 1.29 is 29.0 Å². The lowest BCUT2D eigenvalue weighted by atomic mass is 10.4. The van der Waals surface area contributed by atoms with Gasteiger partial charge in [-0.25, -0.2) is 0 Å². The molecular weight excluding hydrogens is 289 g/mol. The standard InChI is InChI=1S/C10H20N3O6P/c14-8-12-3-1-11(7-10(15)16)2-5-13(6-4-12)9-20(17,18)19/h8H,1-7,9H2,(H,15,16)(H2,17,18,19). The Bertz CT molecular complexity index is 387. The monoisotopic (exact) mass is 309 g/mol. The van der Waals surface area contributed by atoms with Crippen molar-refractivity contribution in [1.29, 1.82) is 0 Å². The normalized spacial score (nSPS) is 20.0. The van der Waals surface area contributed by atoms with E-state index in [-0.39, 0.29) is 12.8 Å². The number of aliphatic carboxylic acids is 1. The van der Waals surface area contributed by atoms with Gasteiger partial charge in [0.2, 0.25) is 6.41 Å². The van der Waals surface area contributed by atoms with Crippen molar-refractivity contribution in [1.82, 2.24) is 14.7 Å². The van der Waals surface area contributed by atoms with Crippen molar-refractivity contribution >= 4 is 20.0 Å². The van der Waals surface area contributed by atoms with Gasteiger partial charge in [0.1, 0.15) is 6.29 Å². The molecule has 116 valence electrons. The Morgan fingerprint density at radius 1 is 1.05 bits per heavy atom. The number of amides is 1. The first-order valence-corrected chi connectivity index (χ1v) is 8.00. The zero-order chi connectivity index (χ0) is 15.2. The van der Waals surface area contributed by atoms with Crippen molar-refractivity contribution in [2.24, 2.45) is 0 Å². The second kappa shape index (κ2) is 7.70. The number of nitrogens with zero attached hydrogens (tertiary/aromatic N) is 3. The first-order chi connectivity index (χ1) is 9.30. The molecule has 1 aliphatic rings. The summed E-state index contributed by atoms with van der Waals surface area (Å²) in [5.41, 5.74) is 0. The van der Waals surface area contributed by atoms with E-state index < -0.39 is 13.6 Å². The maximum absolute atomic E-state index is 11.1. The van der Waals surface area contributed by atoms with Crippen LogP contribution in [0.5, 0.6) is 0 Å². The zero-order valence-corrected chi connectivity index (χ0v) is 12.0. The van der Waals surface area contributed by atoms with Gasteiger partial charge in [-0.05, 0) is 0 Å². The van der Waals surface area contributed by atoms with Crippen LogP contribution in [0.3, 0.4) is 0 Å². The minimum atomic E-state index is -4.17. The van der Waals surface area contributed by atoms with Crippen molar-refractivity contribution in [3.63, 3.8) is 0 Å². The summed E-state index contributed by atoms with van der Waals surface area (Å²) in [6, 6.07) is 0. The molecule has 10 heteroatoms. The van der Waals surface area contributed by atoms with Gasteiger partial charge in [-0.1, -0.05) is 0 Å². The van der Waals surface area contributed by atoms with Crippen LogP contribution in [0.1, 0.15) is 0 Å². The lowest BCUT2D eigenvalue weighted by Crippen LogP contribution is -2.39. The van der Waals surface area contributed by atoms with Crippen LogP contribution in [0.15, 0.2) is 0 Å². The lowest BCUT2D eigenvalue weighted by molar-refractivity contribution is -0.138. The van der Waals surface area contributed by atoms with Gasteiger partial charge in [-0.2, -0.15) is 0 Å². The predicted octanol–water partition coefficient (Wildman–Crippen LogP) is -1.72. The summed E-state index contributed by atoms with van der Waals surface area (Å²) in [7, 11) is -4.17. The summed E-state index contributed by atoms with van der Waals surface area (Å²) in [5.74, 6) is -0.969. The second-order valence-corrected chi connectivity index (χ2v) is 6.35. The van der Waals surface area contributed by atoms with E-state index in [9.17, 15) is 14.2 Å². The number of carbonyl (C=O) groups excluding carboxylic acids is 1. The van der Waals surface area contributed by atoms with Crippen molar-refractivity contribution in [2.75, 3.05) is 52.1 Å². The Labute approximate surface area is 116 Å². The van der Waals surface area contributed by atoms with Crippen LogP contribution in [0.2, 0.25) is 0 Å². The molecule has 0 unspecified atom stereocenters. The average molecular weight is 309 g/mol. The summed E-state index contributed by atoms with van der Waals surface area (Å²) in [6.07, 6.45) is 0.278. The Hall–Kier alpha value is -0.990. The Morgan fingerprint density at radius 2 is 1.55 bits per heavy atom. The van der Waals surface area contributed by atoms with E-state index in [1.165, 1.54) is 4.90 Å². The van der Waals surface area contributed by atoms with Crippen LogP contribution in [-0.4, -0.2) is 94.1 Å². The van der Waals surface area contributed by atoms with Gasteiger partial charge in [0, 0.05) is 39.3 Å². The maximum Gasteiger partial charge on any atom is 0.339 e. The molecule has 1 aliphatic heterocycles. The minimum Gasteiger partial charge on any atom is -0.480 e. The molecule has 0 radical (unpaired) electrons. The average Bonchev–Trinajstić information content (AvgIpc) is 2.39. The van der Waals surface area contributed by atoms with Gasteiger partial charge in [0.15, 0.2) is 0 Å². The maximum atomic E-state index is 11.1. The summed E-state index contributed by atoms with van der Waals surface area (Å²) in [5, 5.41) is 8.81. The van der Waals surface area contributed by atoms with Crippen LogP contribution in [0.4, 0.5) is 0 Å². The summed E-state index contributed by atoms with van der Waals surface area (Å²) < 4.78 is 11.1. The molecule has 0 aromatic carbocycles. The number of rotatable bonds is 5. The number of carbonyl (C=O) groups is 2. The molecule has 1 amide bonds. The highest BCUT2D eigenvalue weighted by Gasteiger charge is 2.22. The molecule has 1 saturated heterocycles. The first kappa shape index (κ1) is 17.1. The molecule has 0 aromatic heterocycles. The Balaban J connectivity index is 2.68. The van der Waals surface area contributed by atoms with Gasteiger partial charge >= 0.3 is 13.6 Å². The molecule has 0 saturated carbocycles. The highest BCUT2D eigenvalue weighted by molar-refractivity contribution is 7.51. The summed E-state index contributed by atoms with van der Waals surface area (Å²) in [6.45, 7) is 2.13. The quantitative estimate of drug-likeness (QED) is 0.405. The van der Waals surface area contributed by atoms with Crippen LogP contribution in [0.25, 0.3) is 0 Å². The largest absolute Gasteiger partial charge is 0.480 e. The number of carboxylic acid groups (broad SMARTS) is 1. The minimum absolute atomic E-state index is 0.156. The van der Waals surface area contributed by atoms with E-state index in [1.54, 1.807) is 9.80 Å². The molecule has 20 heavy (non-hydrogen) atoms. The number of carboxylic acids is 1. The molecule has 0 bridgehead atoms.